The van der Waals surface area contributed by atoms with E-state index in [9.17, 15) is 4.79 Å². The number of thiazole rings is 1. The highest BCUT2D eigenvalue weighted by Gasteiger charge is 2.08. The summed E-state index contributed by atoms with van der Waals surface area (Å²) in [6.45, 7) is 0. The predicted octanol–water partition coefficient (Wildman–Crippen LogP) is 3.59. The monoisotopic (exact) mass is 324 g/mol. The van der Waals surface area contributed by atoms with Gasteiger partial charge in [0.1, 0.15) is 4.34 Å². The number of carboxylic acid groups (broad SMARTS) is 1. The minimum Gasteiger partial charge on any atom is -0.481 e. The van der Waals surface area contributed by atoms with E-state index in [4.69, 9.17) is 22.0 Å². The first kappa shape index (κ1) is 14.9. The van der Waals surface area contributed by atoms with Crippen LogP contribution < -0.4 is 0 Å². The Morgan fingerprint density at radius 3 is 3.00 bits per heavy atom. The van der Waals surface area contributed by atoms with Gasteiger partial charge in [-0.3, -0.25) is 4.79 Å². The largest absolute Gasteiger partial charge is 0.481 e. The smallest absolute Gasteiger partial charge is 0.309 e. The highest BCUT2D eigenvalue weighted by Crippen LogP contribution is 2.29. The van der Waals surface area contributed by atoms with Crippen molar-refractivity contribution in [1.29, 1.82) is 5.26 Å². The Hall–Kier alpha value is -1.55. The minimum absolute atomic E-state index is 0.0608. The summed E-state index contributed by atoms with van der Waals surface area (Å²) >= 11 is 9.00. The second-order valence-electron chi connectivity index (χ2n) is 3.88. The lowest BCUT2D eigenvalue weighted by molar-refractivity contribution is -0.136. The van der Waals surface area contributed by atoms with Crippen molar-refractivity contribution in [3.05, 3.63) is 45.4 Å². The van der Waals surface area contributed by atoms with Gasteiger partial charge in [-0.25, -0.2) is 4.98 Å². The molecule has 2 rings (SSSR count). The number of nitriles is 1. The van der Waals surface area contributed by atoms with E-state index in [0.29, 0.717) is 22.0 Å². The summed E-state index contributed by atoms with van der Waals surface area (Å²) in [6, 6.07) is 7.21. The molecule has 0 fully saturated rings. The second kappa shape index (κ2) is 6.75. The van der Waals surface area contributed by atoms with Crippen LogP contribution in [0.2, 0.25) is 5.02 Å². The lowest BCUT2D eigenvalue weighted by atomic mass is 10.2. The van der Waals surface area contributed by atoms with Crippen LogP contribution >= 0.6 is 34.7 Å². The van der Waals surface area contributed by atoms with Gasteiger partial charge in [-0.05, 0) is 17.7 Å². The van der Waals surface area contributed by atoms with Gasteiger partial charge in [-0.1, -0.05) is 29.4 Å². The number of nitrogens with zero attached hydrogens (tertiary/aromatic N) is 2. The van der Waals surface area contributed by atoms with Crippen LogP contribution in [0.4, 0.5) is 0 Å². The average Bonchev–Trinajstić information content (AvgIpc) is 2.84. The molecule has 20 heavy (non-hydrogen) atoms. The fourth-order valence-corrected chi connectivity index (χ4v) is 3.64. The predicted molar refractivity (Wildman–Crippen MR) is 79.2 cm³/mol. The number of halogens is 1. The zero-order chi connectivity index (χ0) is 14.5. The van der Waals surface area contributed by atoms with E-state index in [0.717, 1.165) is 9.90 Å². The molecule has 0 aliphatic rings. The van der Waals surface area contributed by atoms with Gasteiger partial charge >= 0.3 is 5.97 Å². The Labute approximate surface area is 129 Å². The molecule has 1 aromatic carbocycles. The standard InChI is InChI=1S/C13H9ClN2O2S2/c14-11-3-8(5-15)1-2-9(11)6-19-13-16-10(7-20-13)4-12(17)18/h1-3,7H,4,6H2,(H,17,18). The number of hydrogen-bond donors (Lipinski definition) is 1. The number of thioether (sulfide) groups is 1. The van der Waals surface area contributed by atoms with Gasteiger partial charge in [0.15, 0.2) is 0 Å². The van der Waals surface area contributed by atoms with Gasteiger partial charge in [0.2, 0.25) is 0 Å². The van der Waals surface area contributed by atoms with Crippen molar-refractivity contribution in [2.24, 2.45) is 0 Å². The van der Waals surface area contributed by atoms with Gasteiger partial charge in [0, 0.05) is 16.2 Å². The van der Waals surface area contributed by atoms with Crippen molar-refractivity contribution in [2.75, 3.05) is 0 Å². The molecule has 2 aromatic rings. The average molecular weight is 325 g/mol. The summed E-state index contributed by atoms with van der Waals surface area (Å²) in [4.78, 5) is 14.8. The van der Waals surface area contributed by atoms with Crippen LogP contribution in [-0.4, -0.2) is 16.1 Å². The lowest BCUT2D eigenvalue weighted by Crippen LogP contribution is -1.99. The van der Waals surface area contributed by atoms with Crippen molar-refractivity contribution >= 4 is 40.7 Å². The Bertz CT molecular complexity index is 679. The molecule has 1 aromatic heterocycles. The van der Waals surface area contributed by atoms with Crippen LogP contribution in [-0.2, 0) is 17.0 Å². The Kier molecular flexibility index (Phi) is 5.01. The molecule has 0 unspecified atom stereocenters. The lowest BCUT2D eigenvalue weighted by Gasteiger charge is -2.02. The SMILES string of the molecule is N#Cc1ccc(CSc2nc(CC(=O)O)cs2)c(Cl)c1. The fraction of sp³-hybridized carbons (Fsp3) is 0.154. The van der Waals surface area contributed by atoms with E-state index in [1.54, 1.807) is 17.5 Å². The first-order valence-corrected chi connectivity index (χ1v) is 7.80. The van der Waals surface area contributed by atoms with E-state index in [1.807, 2.05) is 12.1 Å². The summed E-state index contributed by atoms with van der Waals surface area (Å²) in [5, 5.41) is 19.8. The van der Waals surface area contributed by atoms with E-state index >= 15 is 0 Å². The van der Waals surface area contributed by atoms with Crippen LogP contribution in [0.3, 0.4) is 0 Å². The third-order valence-electron chi connectivity index (χ3n) is 2.40. The molecule has 0 saturated heterocycles. The number of carboxylic acids is 1. The van der Waals surface area contributed by atoms with Gasteiger partial charge in [-0.2, -0.15) is 5.26 Å². The first-order valence-electron chi connectivity index (χ1n) is 5.56. The summed E-state index contributed by atoms with van der Waals surface area (Å²) in [6.07, 6.45) is -0.0608. The number of aromatic nitrogens is 1. The van der Waals surface area contributed by atoms with Crippen LogP contribution in [0.1, 0.15) is 16.8 Å². The molecule has 4 nitrogen and oxygen atoms in total. The van der Waals surface area contributed by atoms with Crippen LogP contribution in [0, 0.1) is 11.3 Å². The minimum atomic E-state index is -0.887. The van der Waals surface area contributed by atoms with E-state index < -0.39 is 5.97 Å². The molecular formula is C13H9ClN2O2S2. The molecule has 0 spiro atoms. The topological polar surface area (TPSA) is 74.0 Å². The van der Waals surface area contributed by atoms with Crippen molar-refractivity contribution in [3.63, 3.8) is 0 Å². The summed E-state index contributed by atoms with van der Waals surface area (Å²) in [7, 11) is 0. The number of carbonyl (C=O) groups is 1. The third-order valence-corrected chi connectivity index (χ3v) is 4.87. The quantitative estimate of drug-likeness (QED) is 0.851. The van der Waals surface area contributed by atoms with Crippen LogP contribution in [0.25, 0.3) is 0 Å². The molecule has 0 aliphatic carbocycles. The van der Waals surface area contributed by atoms with Crippen molar-refractivity contribution in [2.45, 2.75) is 16.5 Å². The normalized spacial score (nSPS) is 10.2. The Morgan fingerprint density at radius 1 is 1.55 bits per heavy atom. The first-order chi connectivity index (χ1) is 9.58. The van der Waals surface area contributed by atoms with Crippen LogP contribution in [0.15, 0.2) is 27.9 Å². The maximum Gasteiger partial charge on any atom is 0.309 e. The van der Waals surface area contributed by atoms with Gasteiger partial charge in [0.25, 0.3) is 0 Å². The number of aliphatic carboxylic acids is 1. The maximum absolute atomic E-state index is 10.6. The van der Waals surface area contributed by atoms with Gasteiger partial charge in [-0.15, -0.1) is 11.3 Å². The van der Waals surface area contributed by atoms with E-state index in [-0.39, 0.29) is 6.42 Å². The van der Waals surface area contributed by atoms with E-state index in [1.165, 1.54) is 23.1 Å². The summed E-state index contributed by atoms with van der Waals surface area (Å²) in [5.41, 5.74) is 2.02. The maximum atomic E-state index is 10.6. The molecule has 0 amide bonds. The van der Waals surface area contributed by atoms with Crippen molar-refractivity contribution < 1.29 is 9.90 Å². The fourth-order valence-electron chi connectivity index (χ4n) is 1.46. The summed E-state index contributed by atoms with van der Waals surface area (Å²) < 4.78 is 0.807. The third kappa shape index (κ3) is 3.97. The van der Waals surface area contributed by atoms with Gasteiger partial charge in [0.05, 0.1) is 23.7 Å². The number of rotatable bonds is 5. The molecule has 0 aliphatic heterocycles. The molecule has 0 atom stereocenters. The zero-order valence-electron chi connectivity index (χ0n) is 10.2. The molecule has 1 N–H and O–H groups in total. The van der Waals surface area contributed by atoms with Gasteiger partial charge < -0.3 is 5.11 Å². The number of benzene rings is 1. The highest BCUT2D eigenvalue weighted by molar-refractivity contribution is 8.00. The molecular weight excluding hydrogens is 316 g/mol. The molecule has 1 heterocycles. The van der Waals surface area contributed by atoms with Crippen molar-refractivity contribution in [3.8, 4) is 6.07 Å². The summed E-state index contributed by atoms with van der Waals surface area (Å²) in [5.74, 6) is -0.258. The molecule has 102 valence electrons. The van der Waals surface area contributed by atoms with Crippen molar-refractivity contribution in [1.82, 2.24) is 4.98 Å². The Morgan fingerprint density at radius 2 is 2.35 bits per heavy atom. The highest BCUT2D eigenvalue weighted by atomic mass is 35.5. The second-order valence-corrected chi connectivity index (χ2v) is 6.37. The number of hydrogen-bond acceptors (Lipinski definition) is 5. The molecule has 0 saturated carbocycles. The molecule has 7 heteroatoms. The molecule has 0 radical (unpaired) electrons. The Balaban J connectivity index is 2.00. The van der Waals surface area contributed by atoms with Crippen LogP contribution in [0.5, 0.6) is 0 Å². The van der Waals surface area contributed by atoms with E-state index in [2.05, 4.69) is 4.98 Å². The molecule has 0 bridgehead atoms. The zero-order valence-corrected chi connectivity index (χ0v) is 12.6.